The van der Waals surface area contributed by atoms with Gasteiger partial charge >= 0.3 is 12.0 Å². The van der Waals surface area contributed by atoms with E-state index in [-0.39, 0.29) is 12.0 Å². The fraction of sp³-hybridized carbons (Fsp3) is 0.818. The maximum atomic E-state index is 11.6. The molecule has 2 unspecified atom stereocenters. The summed E-state index contributed by atoms with van der Waals surface area (Å²) in [5.74, 6) is -1.04. The van der Waals surface area contributed by atoms with Crippen LogP contribution in [0.15, 0.2) is 0 Å². The van der Waals surface area contributed by atoms with E-state index in [9.17, 15) is 9.59 Å². The highest BCUT2D eigenvalue weighted by Gasteiger charge is 2.22. The lowest BCUT2D eigenvalue weighted by Crippen LogP contribution is -2.53. The van der Waals surface area contributed by atoms with Gasteiger partial charge in [-0.3, -0.25) is 0 Å². The van der Waals surface area contributed by atoms with Crippen LogP contribution < -0.4 is 10.6 Å². The summed E-state index contributed by atoms with van der Waals surface area (Å²) in [5.41, 5.74) is 0. The highest BCUT2D eigenvalue weighted by Crippen LogP contribution is 2.02. The van der Waals surface area contributed by atoms with E-state index in [1.807, 2.05) is 32.8 Å². The summed E-state index contributed by atoms with van der Waals surface area (Å²) in [6.45, 7) is 3.95. The molecule has 0 fully saturated rings. The number of carboxylic acids is 1. The summed E-state index contributed by atoms with van der Waals surface area (Å²) in [6, 6.07) is -1.96. The van der Waals surface area contributed by atoms with Crippen molar-refractivity contribution < 1.29 is 19.8 Å². The molecule has 106 valence electrons. The molecular formula is C11H23N3O4. The lowest BCUT2D eigenvalue weighted by Gasteiger charge is -2.26. The summed E-state index contributed by atoms with van der Waals surface area (Å²) < 4.78 is 0. The second kappa shape index (κ2) is 7.88. The summed E-state index contributed by atoms with van der Waals surface area (Å²) >= 11 is 0. The van der Waals surface area contributed by atoms with E-state index in [4.69, 9.17) is 10.2 Å². The predicted octanol–water partition coefficient (Wildman–Crippen LogP) is -0.683. The predicted molar refractivity (Wildman–Crippen MR) is 67.4 cm³/mol. The quantitative estimate of drug-likeness (QED) is 0.486. The van der Waals surface area contributed by atoms with Crippen molar-refractivity contribution in [3.63, 3.8) is 0 Å². The van der Waals surface area contributed by atoms with Crippen LogP contribution in [0.25, 0.3) is 0 Å². The Labute approximate surface area is 107 Å². The molecule has 0 aliphatic carbocycles. The van der Waals surface area contributed by atoms with Crippen molar-refractivity contribution in [1.82, 2.24) is 15.5 Å². The molecular weight excluding hydrogens is 238 g/mol. The largest absolute Gasteiger partial charge is 0.480 e. The molecule has 0 rings (SSSR count). The Bertz CT molecular complexity index is 281. The molecule has 0 heterocycles. The van der Waals surface area contributed by atoms with E-state index in [1.165, 1.54) is 0 Å². The van der Waals surface area contributed by atoms with Gasteiger partial charge in [-0.2, -0.15) is 0 Å². The molecule has 18 heavy (non-hydrogen) atoms. The second-order valence-corrected chi connectivity index (χ2v) is 4.80. The third-order valence-corrected chi connectivity index (χ3v) is 2.47. The summed E-state index contributed by atoms with van der Waals surface area (Å²) in [6.07, 6.45) is 0. The van der Waals surface area contributed by atoms with Gasteiger partial charge in [-0.05, 0) is 20.0 Å². The van der Waals surface area contributed by atoms with Gasteiger partial charge in [0.25, 0.3) is 0 Å². The molecule has 2 amide bonds. The van der Waals surface area contributed by atoms with Crippen molar-refractivity contribution in [3.8, 4) is 0 Å². The summed E-state index contributed by atoms with van der Waals surface area (Å²) in [4.78, 5) is 24.2. The number of nitrogens with one attached hydrogen (secondary N) is 2. The first kappa shape index (κ1) is 16.7. The number of aliphatic hydroxyl groups is 1. The maximum Gasteiger partial charge on any atom is 0.328 e. The van der Waals surface area contributed by atoms with Crippen LogP contribution in [0.5, 0.6) is 0 Å². The van der Waals surface area contributed by atoms with Gasteiger partial charge in [0.05, 0.1) is 6.61 Å². The van der Waals surface area contributed by atoms with Gasteiger partial charge in [-0.15, -0.1) is 0 Å². The van der Waals surface area contributed by atoms with Crippen LogP contribution in [-0.2, 0) is 4.79 Å². The van der Waals surface area contributed by atoms with Crippen molar-refractivity contribution in [2.24, 2.45) is 5.92 Å². The van der Waals surface area contributed by atoms with Crippen molar-refractivity contribution in [2.45, 2.75) is 25.9 Å². The van der Waals surface area contributed by atoms with Crippen LogP contribution >= 0.6 is 0 Å². The number of carboxylic acid groups (broad SMARTS) is 1. The topological polar surface area (TPSA) is 102 Å². The SMILES string of the molecule is CC(C)C(CN(C)C)NC(=O)NC(CO)C(=O)O. The monoisotopic (exact) mass is 261 g/mol. The molecule has 0 saturated carbocycles. The van der Waals surface area contributed by atoms with Crippen LogP contribution in [0.3, 0.4) is 0 Å². The molecule has 0 aromatic heterocycles. The number of hydrogen-bond donors (Lipinski definition) is 4. The Balaban J connectivity index is 4.37. The van der Waals surface area contributed by atoms with Crippen LogP contribution in [0.4, 0.5) is 4.79 Å². The molecule has 0 aliphatic heterocycles. The summed E-state index contributed by atoms with van der Waals surface area (Å²) in [5, 5.41) is 22.4. The first-order valence-electron chi connectivity index (χ1n) is 5.83. The van der Waals surface area contributed by atoms with E-state index in [0.717, 1.165) is 0 Å². The molecule has 7 heteroatoms. The molecule has 2 atom stereocenters. The van der Waals surface area contributed by atoms with E-state index in [0.29, 0.717) is 6.54 Å². The normalized spacial score (nSPS) is 14.4. The Morgan fingerprint density at radius 3 is 2.11 bits per heavy atom. The van der Waals surface area contributed by atoms with Crippen molar-refractivity contribution in [2.75, 3.05) is 27.2 Å². The number of amides is 2. The van der Waals surface area contributed by atoms with E-state index in [2.05, 4.69) is 10.6 Å². The first-order chi connectivity index (χ1) is 8.27. The minimum atomic E-state index is -1.28. The molecule has 0 saturated heterocycles. The number of carbonyl (C=O) groups is 2. The van der Waals surface area contributed by atoms with Gasteiger partial charge in [0.1, 0.15) is 0 Å². The third-order valence-electron chi connectivity index (χ3n) is 2.47. The number of nitrogens with zero attached hydrogens (tertiary/aromatic N) is 1. The minimum absolute atomic E-state index is 0.0897. The molecule has 0 bridgehead atoms. The Kier molecular flexibility index (Phi) is 7.30. The van der Waals surface area contributed by atoms with E-state index < -0.39 is 24.6 Å². The molecule has 0 spiro atoms. The number of urea groups is 1. The summed E-state index contributed by atoms with van der Waals surface area (Å²) in [7, 11) is 3.78. The van der Waals surface area contributed by atoms with Gasteiger partial charge in [-0.25, -0.2) is 9.59 Å². The van der Waals surface area contributed by atoms with Crippen molar-refractivity contribution in [3.05, 3.63) is 0 Å². The number of carbonyl (C=O) groups excluding carboxylic acids is 1. The van der Waals surface area contributed by atoms with Gasteiger partial charge in [0.15, 0.2) is 6.04 Å². The standard InChI is InChI=1S/C11H23N3O4/c1-7(2)8(5-14(3)4)12-11(18)13-9(6-15)10(16)17/h7-9,15H,5-6H2,1-4H3,(H,16,17)(H2,12,13,18). The first-order valence-corrected chi connectivity index (χ1v) is 5.83. The Hall–Kier alpha value is -1.34. The van der Waals surface area contributed by atoms with Gasteiger partial charge in [-0.1, -0.05) is 13.8 Å². The van der Waals surface area contributed by atoms with Crippen LogP contribution in [-0.4, -0.2) is 66.4 Å². The number of rotatable bonds is 7. The fourth-order valence-corrected chi connectivity index (χ4v) is 1.37. The maximum absolute atomic E-state index is 11.6. The number of hydrogen-bond acceptors (Lipinski definition) is 4. The molecule has 0 radical (unpaired) electrons. The smallest absolute Gasteiger partial charge is 0.328 e. The van der Waals surface area contributed by atoms with Crippen molar-refractivity contribution in [1.29, 1.82) is 0 Å². The second-order valence-electron chi connectivity index (χ2n) is 4.80. The van der Waals surface area contributed by atoms with Crippen LogP contribution in [0.1, 0.15) is 13.8 Å². The Morgan fingerprint density at radius 2 is 1.78 bits per heavy atom. The molecule has 7 nitrogen and oxygen atoms in total. The third kappa shape index (κ3) is 6.41. The van der Waals surface area contributed by atoms with Crippen molar-refractivity contribution >= 4 is 12.0 Å². The van der Waals surface area contributed by atoms with Gasteiger partial charge in [0.2, 0.25) is 0 Å². The molecule has 0 aromatic rings. The lowest BCUT2D eigenvalue weighted by atomic mass is 10.0. The fourth-order valence-electron chi connectivity index (χ4n) is 1.37. The van der Waals surface area contributed by atoms with Crippen LogP contribution in [0.2, 0.25) is 0 Å². The number of aliphatic carboxylic acids is 1. The number of aliphatic hydroxyl groups excluding tert-OH is 1. The number of likely N-dealkylation sites (N-methyl/N-ethyl adjacent to an activating group) is 1. The molecule has 4 N–H and O–H groups in total. The lowest BCUT2D eigenvalue weighted by molar-refractivity contribution is -0.140. The average molecular weight is 261 g/mol. The van der Waals surface area contributed by atoms with E-state index in [1.54, 1.807) is 0 Å². The zero-order chi connectivity index (χ0) is 14.3. The average Bonchev–Trinajstić information content (AvgIpc) is 2.23. The van der Waals surface area contributed by atoms with E-state index >= 15 is 0 Å². The van der Waals surface area contributed by atoms with Gasteiger partial charge in [0, 0.05) is 12.6 Å². The highest BCUT2D eigenvalue weighted by atomic mass is 16.4. The minimum Gasteiger partial charge on any atom is -0.480 e. The van der Waals surface area contributed by atoms with Crippen LogP contribution in [0, 0.1) is 5.92 Å². The zero-order valence-electron chi connectivity index (χ0n) is 11.3. The molecule has 0 aromatic carbocycles. The molecule has 0 aliphatic rings. The zero-order valence-corrected chi connectivity index (χ0v) is 11.3. The Morgan fingerprint density at radius 1 is 1.22 bits per heavy atom. The van der Waals surface area contributed by atoms with Gasteiger partial charge < -0.3 is 25.7 Å². The highest BCUT2D eigenvalue weighted by molar-refractivity contribution is 5.82.